The average Bonchev–Trinajstić information content (AvgIpc) is 3.41. The van der Waals surface area contributed by atoms with Crippen LogP contribution in [0.5, 0.6) is 5.88 Å². The maximum atomic E-state index is 15.3. The van der Waals surface area contributed by atoms with Crippen LogP contribution in [0.2, 0.25) is 0 Å². The molecule has 1 aliphatic rings. The predicted octanol–water partition coefficient (Wildman–Crippen LogP) is 4.39. The first-order chi connectivity index (χ1) is 20.3. The Bertz CT molecular complexity index is 1670. The highest BCUT2D eigenvalue weighted by atomic mass is 32.2. The summed E-state index contributed by atoms with van der Waals surface area (Å²) in [7, 11) is -3.86. The molecule has 0 aliphatic carbocycles. The first-order valence-corrected chi connectivity index (χ1v) is 15.3. The van der Waals surface area contributed by atoms with Crippen LogP contribution in [0, 0.1) is 11.6 Å². The van der Waals surface area contributed by atoms with E-state index in [4.69, 9.17) is 9.47 Å². The Kier molecular flexibility index (Phi) is 9.09. The number of hydrogen-bond donors (Lipinski definition) is 2. The van der Waals surface area contributed by atoms with Crippen LogP contribution in [0.4, 0.5) is 14.5 Å². The Balaban J connectivity index is 1.32. The normalized spacial score (nSPS) is 14.3. The van der Waals surface area contributed by atoms with Gasteiger partial charge in [-0.1, -0.05) is 6.92 Å². The van der Waals surface area contributed by atoms with E-state index in [1.54, 1.807) is 31.5 Å². The second-order valence-electron chi connectivity index (χ2n) is 9.90. The van der Waals surface area contributed by atoms with Crippen molar-refractivity contribution in [3.63, 3.8) is 0 Å². The molecule has 1 aromatic carbocycles. The molecule has 3 aromatic heterocycles. The van der Waals surface area contributed by atoms with Crippen LogP contribution < -0.4 is 9.46 Å². The van der Waals surface area contributed by atoms with Gasteiger partial charge in [0.2, 0.25) is 21.7 Å². The highest BCUT2D eigenvalue weighted by molar-refractivity contribution is 7.92. The lowest BCUT2D eigenvalue weighted by atomic mass is 10.00. The second-order valence-corrected chi connectivity index (χ2v) is 11.7. The maximum Gasteiger partial charge on any atom is 0.232 e. The van der Waals surface area contributed by atoms with Gasteiger partial charge in [0.1, 0.15) is 11.5 Å². The summed E-state index contributed by atoms with van der Waals surface area (Å²) in [6.07, 6.45) is 5.71. The number of ether oxygens (including phenoxy) is 2. The summed E-state index contributed by atoms with van der Waals surface area (Å²) in [4.78, 5) is 27.3. The molecule has 4 heterocycles. The Morgan fingerprint density at radius 1 is 1.12 bits per heavy atom. The fraction of sp³-hybridized carbons (Fsp3) is 0.345. The molecule has 0 amide bonds. The number of carbonyl (C=O) groups is 1. The van der Waals surface area contributed by atoms with E-state index >= 15 is 4.39 Å². The zero-order chi connectivity index (χ0) is 29.7. The number of sulfonamides is 1. The maximum absolute atomic E-state index is 15.3. The van der Waals surface area contributed by atoms with Crippen LogP contribution in [-0.4, -0.2) is 79.3 Å². The molecule has 1 saturated heterocycles. The number of carbonyl (C=O) groups excluding carboxylic acids is 1. The number of benzene rings is 1. The summed E-state index contributed by atoms with van der Waals surface area (Å²) in [6.45, 7) is 6.48. The molecule has 1 fully saturated rings. The zero-order valence-electron chi connectivity index (χ0n) is 23.0. The number of aromatic nitrogens is 3. The Labute approximate surface area is 242 Å². The fourth-order valence-electron chi connectivity index (χ4n) is 4.74. The Morgan fingerprint density at radius 2 is 1.90 bits per heavy atom. The number of ketones is 1. The molecule has 13 heteroatoms. The summed E-state index contributed by atoms with van der Waals surface area (Å²) in [5.41, 5.74) is 0.296. The lowest BCUT2D eigenvalue weighted by molar-refractivity contribution is 0.0357. The van der Waals surface area contributed by atoms with E-state index < -0.39 is 38.7 Å². The molecule has 0 unspecified atom stereocenters. The molecule has 0 radical (unpaired) electrons. The molecule has 0 saturated carbocycles. The molecule has 0 bridgehead atoms. The number of pyridine rings is 2. The van der Waals surface area contributed by atoms with E-state index in [2.05, 4.69) is 24.6 Å². The van der Waals surface area contributed by atoms with Gasteiger partial charge in [0, 0.05) is 66.4 Å². The highest BCUT2D eigenvalue weighted by Gasteiger charge is 2.26. The van der Waals surface area contributed by atoms with Crippen molar-refractivity contribution in [2.24, 2.45) is 0 Å². The molecule has 0 atom stereocenters. The van der Waals surface area contributed by atoms with Crippen molar-refractivity contribution in [1.29, 1.82) is 0 Å². The van der Waals surface area contributed by atoms with Gasteiger partial charge < -0.3 is 14.5 Å². The number of nitrogens with zero attached hydrogens (tertiary/aromatic N) is 3. The molecule has 10 nitrogen and oxygen atoms in total. The van der Waals surface area contributed by atoms with E-state index in [1.807, 2.05) is 6.07 Å². The average molecular weight is 600 g/mol. The third-order valence-corrected chi connectivity index (χ3v) is 8.35. The monoisotopic (exact) mass is 599 g/mol. The van der Waals surface area contributed by atoms with Gasteiger partial charge in [0.15, 0.2) is 5.82 Å². The van der Waals surface area contributed by atoms with Gasteiger partial charge in [-0.3, -0.25) is 14.4 Å². The number of aromatic amines is 1. The zero-order valence-corrected chi connectivity index (χ0v) is 23.8. The lowest BCUT2D eigenvalue weighted by Crippen LogP contribution is -2.37. The highest BCUT2D eigenvalue weighted by Crippen LogP contribution is 2.30. The minimum absolute atomic E-state index is 0.0149. The van der Waals surface area contributed by atoms with Crippen molar-refractivity contribution < 1.29 is 31.5 Å². The van der Waals surface area contributed by atoms with Crippen LogP contribution in [0.1, 0.15) is 35.7 Å². The van der Waals surface area contributed by atoms with Crippen molar-refractivity contribution in [1.82, 2.24) is 19.9 Å². The molecule has 42 heavy (non-hydrogen) atoms. The van der Waals surface area contributed by atoms with Gasteiger partial charge in [0.05, 0.1) is 36.8 Å². The van der Waals surface area contributed by atoms with Gasteiger partial charge in [-0.25, -0.2) is 27.2 Å². The van der Waals surface area contributed by atoms with Crippen LogP contribution in [0.25, 0.3) is 22.2 Å². The number of anilines is 1. The number of morpholine rings is 1. The minimum Gasteiger partial charge on any atom is -0.478 e. The van der Waals surface area contributed by atoms with Crippen LogP contribution >= 0.6 is 0 Å². The second kappa shape index (κ2) is 12.9. The number of halogens is 2. The van der Waals surface area contributed by atoms with Gasteiger partial charge in [0.25, 0.3) is 0 Å². The van der Waals surface area contributed by atoms with Gasteiger partial charge in [-0.05, 0) is 37.1 Å². The van der Waals surface area contributed by atoms with Crippen molar-refractivity contribution in [2.45, 2.75) is 19.8 Å². The van der Waals surface area contributed by atoms with Gasteiger partial charge >= 0.3 is 0 Å². The van der Waals surface area contributed by atoms with Crippen molar-refractivity contribution in [3.8, 4) is 17.0 Å². The third kappa shape index (κ3) is 6.75. The minimum atomic E-state index is -3.86. The smallest absolute Gasteiger partial charge is 0.232 e. The largest absolute Gasteiger partial charge is 0.478 e. The van der Waals surface area contributed by atoms with Crippen LogP contribution in [0.3, 0.4) is 0 Å². The van der Waals surface area contributed by atoms with E-state index in [9.17, 15) is 17.6 Å². The molecular weight excluding hydrogens is 568 g/mol. The Morgan fingerprint density at radius 3 is 2.64 bits per heavy atom. The number of rotatable bonds is 12. The van der Waals surface area contributed by atoms with E-state index in [-0.39, 0.29) is 11.3 Å². The number of fused-ring (bicyclic) bond motifs is 1. The van der Waals surface area contributed by atoms with Crippen molar-refractivity contribution >= 4 is 32.5 Å². The first-order valence-electron chi connectivity index (χ1n) is 13.7. The number of hydrogen-bond acceptors (Lipinski definition) is 8. The fourth-order valence-corrected chi connectivity index (χ4v) is 5.87. The third-order valence-electron chi connectivity index (χ3n) is 6.87. The van der Waals surface area contributed by atoms with Gasteiger partial charge in [-0.15, -0.1) is 0 Å². The summed E-state index contributed by atoms with van der Waals surface area (Å²) >= 11 is 0. The lowest BCUT2D eigenvalue weighted by Gasteiger charge is -2.26. The quantitative estimate of drug-likeness (QED) is 0.181. The van der Waals surface area contributed by atoms with Crippen molar-refractivity contribution in [3.05, 3.63) is 71.7 Å². The summed E-state index contributed by atoms with van der Waals surface area (Å²) in [5.74, 6) is -3.12. The molecule has 2 N–H and O–H groups in total. The molecule has 222 valence electrons. The van der Waals surface area contributed by atoms with Gasteiger partial charge in [-0.2, -0.15) is 0 Å². The topological polar surface area (TPSA) is 127 Å². The molecule has 0 spiro atoms. The summed E-state index contributed by atoms with van der Waals surface area (Å²) in [5, 5.41) is 0.344. The van der Waals surface area contributed by atoms with Crippen LogP contribution in [-0.2, 0) is 14.8 Å². The molecule has 4 aromatic rings. The van der Waals surface area contributed by atoms with Crippen molar-refractivity contribution in [2.75, 3.05) is 49.9 Å². The molecule has 1 aliphatic heterocycles. The molecule has 5 rings (SSSR count). The predicted molar refractivity (Wildman–Crippen MR) is 154 cm³/mol. The Hall–Kier alpha value is -3.94. The van der Waals surface area contributed by atoms with E-state index in [0.29, 0.717) is 41.1 Å². The standard InChI is InChI=1S/C29H31F2N5O5S/c1-2-14-42(38,39)35-24-6-5-23(30)26(27(24)31)28(37)22-18-34-29-21(22)15-20(17-33-29)19-4-7-25(32-16-19)41-11-3-8-36-9-12-40-13-10-36/h4-7,15-18,35H,2-3,8-14H2,1H3,(H,33,34). The van der Waals surface area contributed by atoms with E-state index in [1.165, 1.54) is 6.20 Å². The SMILES string of the molecule is CCCS(=O)(=O)Nc1ccc(F)c(C(=O)c2c[nH]c3ncc(-c4ccc(OCCCN5CCOCC5)nc4)cc23)c1F. The number of H-pyrrole nitrogens is 1. The summed E-state index contributed by atoms with van der Waals surface area (Å²) < 4.78 is 67.6. The van der Waals surface area contributed by atoms with Crippen LogP contribution in [0.15, 0.2) is 48.9 Å². The van der Waals surface area contributed by atoms with E-state index in [0.717, 1.165) is 51.4 Å². The first kappa shape index (κ1) is 29.5. The number of nitrogens with one attached hydrogen (secondary N) is 2. The summed E-state index contributed by atoms with van der Waals surface area (Å²) in [6, 6.07) is 7.04. The molecular formula is C29H31F2N5O5S.